The molecule has 4 rings (SSSR count). The Kier molecular flexibility index (Phi) is 3.52. The molecule has 1 heterocycles. The highest BCUT2D eigenvalue weighted by atomic mass is 79.9. The summed E-state index contributed by atoms with van der Waals surface area (Å²) in [6, 6.07) is 13.0. The van der Waals surface area contributed by atoms with E-state index in [1.807, 2.05) is 30.3 Å². The highest BCUT2D eigenvalue weighted by molar-refractivity contribution is 9.10. The molecular formula is C19H17BrFNO. The van der Waals surface area contributed by atoms with Crippen molar-refractivity contribution in [2.75, 3.05) is 11.4 Å². The van der Waals surface area contributed by atoms with Crippen LogP contribution in [-0.4, -0.2) is 18.9 Å². The van der Waals surface area contributed by atoms with E-state index in [0.29, 0.717) is 0 Å². The lowest BCUT2D eigenvalue weighted by Crippen LogP contribution is -2.41. The lowest BCUT2D eigenvalue weighted by molar-refractivity contribution is -0.110. The van der Waals surface area contributed by atoms with Gasteiger partial charge in [0.1, 0.15) is 12.1 Å². The first-order valence-corrected chi connectivity index (χ1v) is 8.65. The fourth-order valence-corrected chi connectivity index (χ4v) is 4.50. The van der Waals surface area contributed by atoms with Crippen LogP contribution in [0, 0.1) is 11.2 Å². The van der Waals surface area contributed by atoms with Gasteiger partial charge in [-0.1, -0.05) is 22.0 Å². The number of benzene rings is 2. The van der Waals surface area contributed by atoms with Gasteiger partial charge in [0.25, 0.3) is 0 Å². The summed E-state index contributed by atoms with van der Waals surface area (Å²) in [7, 11) is 0. The fourth-order valence-electron chi connectivity index (χ4n) is 4.24. The van der Waals surface area contributed by atoms with Crippen molar-refractivity contribution in [1.82, 2.24) is 0 Å². The van der Waals surface area contributed by atoms with Gasteiger partial charge < -0.3 is 9.69 Å². The van der Waals surface area contributed by atoms with Crippen molar-refractivity contribution in [3.63, 3.8) is 0 Å². The molecule has 4 heteroatoms. The van der Waals surface area contributed by atoms with E-state index >= 15 is 0 Å². The van der Waals surface area contributed by atoms with Crippen LogP contribution in [0.15, 0.2) is 46.9 Å². The van der Waals surface area contributed by atoms with Gasteiger partial charge in [0, 0.05) is 22.1 Å². The lowest BCUT2D eigenvalue weighted by atomic mass is 9.78. The van der Waals surface area contributed by atoms with E-state index in [1.165, 1.54) is 11.6 Å². The minimum atomic E-state index is -0.189. The predicted molar refractivity (Wildman–Crippen MR) is 92.2 cm³/mol. The normalized spacial score (nSPS) is 25.8. The van der Waals surface area contributed by atoms with Crippen LogP contribution in [0.25, 0.3) is 0 Å². The Hall–Kier alpha value is -1.68. The summed E-state index contributed by atoms with van der Waals surface area (Å²) >= 11 is 3.45. The van der Waals surface area contributed by atoms with Gasteiger partial charge in [0.15, 0.2) is 0 Å². The van der Waals surface area contributed by atoms with E-state index in [9.17, 15) is 9.18 Å². The molecule has 0 aromatic heterocycles. The van der Waals surface area contributed by atoms with Crippen LogP contribution in [-0.2, 0) is 17.6 Å². The molecule has 2 aromatic rings. The third-order valence-corrected chi connectivity index (χ3v) is 5.88. The topological polar surface area (TPSA) is 20.3 Å². The smallest absolute Gasteiger partial charge is 0.143 e. The summed E-state index contributed by atoms with van der Waals surface area (Å²) in [4.78, 5) is 14.1. The first-order valence-electron chi connectivity index (χ1n) is 7.86. The molecule has 2 unspecified atom stereocenters. The number of nitrogens with zero attached hydrogens (tertiary/aromatic N) is 1. The zero-order chi connectivity index (χ0) is 16.0. The van der Waals surface area contributed by atoms with Gasteiger partial charge in [-0.2, -0.15) is 0 Å². The Labute approximate surface area is 143 Å². The maximum Gasteiger partial charge on any atom is 0.143 e. The molecule has 0 N–H and O–H groups in total. The Morgan fingerprint density at radius 2 is 1.87 bits per heavy atom. The molecule has 2 aliphatic rings. The van der Waals surface area contributed by atoms with E-state index in [4.69, 9.17) is 0 Å². The van der Waals surface area contributed by atoms with Crippen LogP contribution >= 0.6 is 15.9 Å². The first kappa shape index (κ1) is 14.9. The third-order valence-electron chi connectivity index (χ3n) is 5.35. The number of aldehydes is 1. The second kappa shape index (κ2) is 5.45. The number of rotatable bonds is 2. The Bertz CT molecular complexity index is 760. The van der Waals surface area contributed by atoms with Crippen molar-refractivity contribution in [2.45, 2.75) is 25.3 Å². The standard InChI is InChI=1S/C19H17BrFNO/c20-15-2-5-17(6-3-15)22-8-7-19(18(22)12-23)10-13-1-4-16(21)9-14(13)11-19/h1-6,9,12,18H,7-8,10-11H2. The van der Waals surface area contributed by atoms with Crippen LogP contribution in [0.1, 0.15) is 17.5 Å². The zero-order valence-corrected chi connectivity index (χ0v) is 14.2. The van der Waals surface area contributed by atoms with Gasteiger partial charge in [0.2, 0.25) is 0 Å². The van der Waals surface area contributed by atoms with E-state index in [-0.39, 0.29) is 17.3 Å². The third kappa shape index (κ3) is 2.40. The first-order chi connectivity index (χ1) is 11.1. The highest BCUT2D eigenvalue weighted by Gasteiger charge is 2.50. The number of halogens is 2. The van der Waals surface area contributed by atoms with Crippen LogP contribution < -0.4 is 4.90 Å². The minimum absolute atomic E-state index is 0.0923. The minimum Gasteiger partial charge on any atom is -0.361 e. The number of hydrogen-bond donors (Lipinski definition) is 0. The molecule has 1 aliphatic carbocycles. The molecule has 2 nitrogen and oxygen atoms in total. The van der Waals surface area contributed by atoms with Gasteiger partial charge in [0.05, 0.1) is 6.04 Å². The number of carbonyl (C=O) groups excluding carboxylic acids is 1. The second-order valence-corrected chi connectivity index (χ2v) is 7.55. The molecule has 1 saturated heterocycles. The molecule has 1 aliphatic heterocycles. The molecule has 0 saturated carbocycles. The molecule has 2 atom stereocenters. The van der Waals surface area contributed by atoms with Crippen LogP contribution in [0.4, 0.5) is 10.1 Å². The molecule has 0 bridgehead atoms. The van der Waals surface area contributed by atoms with Gasteiger partial charge in [-0.05, 0) is 66.8 Å². The Balaban J connectivity index is 1.67. The van der Waals surface area contributed by atoms with Gasteiger partial charge in [-0.15, -0.1) is 0 Å². The van der Waals surface area contributed by atoms with Crippen molar-refractivity contribution in [3.8, 4) is 0 Å². The summed E-state index contributed by atoms with van der Waals surface area (Å²) < 4.78 is 14.5. The maximum absolute atomic E-state index is 13.5. The quantitative estimate of drug-likeness (QED) is 0.736. The van der Waals surface area contributed by atoms with E-state index in [1.54, 1.807) is 6.07 Å². The average molecular weight is 374 g/mol. The highest BCUT2D eigenvalue weighted by Crippen LogP contribution is 2.48. The molecule has 118 valence electrons. The number of hydrogen-bond acceptors (Lipinski definition) is 2. The van der Waals surface area contributed by atoms with Gasteiger partial charge in [-0.3, -0.25) is 0 Å². The van der Waals surface area contributed by atoms with Gasteiger partial charge in [-0.25, -0.2) is 4.39 Å². The predicted octanol–water partition coefficient (Wildman–Crippen LogP) is 4.15. The molecule has 0 amide bonds. The summed E-state index contributed by atoms with van der Waals surface area (Å²) in [6.45, 7) is 0.863. The average Bonchev–Trinajstić information content (AvgIpc) is 3.08. The molecule has 2 aromatic carbocycles. The van der Waals surface area contributed by atoms with Crippen LogP contribution in [0.2, 0.25) is 0 Å². The molecule has 23 heavy (non-hydrogen) atoms. The Morgan fingerprint density at radius 3 is 2.61 bits per heavy atom. The van der Waals surface area contributed by atoms with Crippen molar-refractivity contribution in [1.29, 1.82) is 0 Å². The van der Waals surface area contributed by atoms with Crippen LogP contribution in [0.5, 0.6) is 0 Å². The zero-order valence-electron chi connectivity index (χ0n) is 12.6. The lowest BCUT2D eigenvalue weighted by Gasteiger charge is -2.32. The Morgan fingerprint density at radius 1 is 1.13 bits per heavy atom. The van der Waals surface area contributed by atoms with E-state index < -0.39 is 0 Å². The molecule has 1 spiro atoms. The molecular weight excluding hydrogens is 357 g/mol. The second-order valence-electron chi connectivity index (χ2n) is 6.63. The summed E-state index contributed by atoms with van der Waals surface area (Å²) in [5.41, 5.74) is 3.24. The van der Waals surface area contributed by atoms with Crippen LogP contribution in [0.3, 0.4) is 0 Å². The number of carbonyl (C=O) groups is 1. The number of anilines is 1. The van der Waals surface area contributed by atoms with Crippen molar-refractivity contribution in [2.24, 2.45) is 5.41 Å². The molecule has 0 radical (unpaired) electrons. The summed E-state index contributed by atoms with van der Waals surface area (Å²) in [5.74, 6) is -0.189. The SMILES string of the molecule is O=CC1N(c2ccc(Br)cc2)CCC12Cc1ccc(F)cc1C2. The monoisotopic (exact) mass is 373 g/mol. The van der Waals surface area contributed by atoms with Crippen molar-refractivity contribution in [3.05, 3.63) is 63.9 Å². The van der Waals surface area contributed by atoms with E-state index in [2.05, 4.69) is 20.8 Å². The number of fused-ring (bicyclic) bond motifs is 1. The molecule has 1 fully saturated rings. The van der Waals surface area contributed by atoms with Crippen molar-refractivity contribution >= 4 is 27.9 Å². The fraction of sp³-hybridized carbons (Fsp3) is 0.316. The largest absolute Gasteiger partial charge is 0.361 e. The summed E-state index contributed by atoms with van der Waals surface area (Å²) in [6.07, 6.45) is 3.69. The van der Waals surface area contributed by atoms with Gasteiger partial charge >= 0.3 is 0 Å². The summed E-state index contributed by atoms with van der Waals surface area (Å²) in [5, 5.41) is 0. The van der Waals surface area contributed by atoms with Crippen molar-refractivity contribution < 1.29 is 9.18 Å². The van der Waals surface area contributed by atoms with E-state index in [0.717, 1.165) is 47.8 Å². The maximum atomic E-state index is 13.5.